The quantitative estimate of drug-likeness (QED) is 0.716. The summed E-state index contributed by atoms with van der Waals surface area (Å²) in [6, 6.07) is 4.49. The lowest BCUT2D eigenvalue weighted by Crippen LogP contribution is -2.22. The molecular formula is C14H18FNO4. The first-order chi connectivity index (χ1) is 9.52. The van der Waals surface area contributed by atoms with E-state index >= 15 is 0 Å². The monoisotopic (exact) mass is 283 g/mol. The van der Waals surface area contributed by atoms with Crippen molar-refractivity contribution in [2.45, 2.75) is 32.2 Å². The van der Waals surface area contributed by atoms with Gasteiger partial charge in [-0.3, -0.25) is 9.59 Å². The Hall–Kier alpha value is -2.11. The van der Waals surface area contributed by atoms with Crippen LogP contribution in [0.3, 0.4) is 0 Å². The van der Waals surface area contributed by atoms with Crippen LogP contribution in [0.25, 0.3) is 0 Å². The van der Waals surface area contributed by atoms with Crippen LogP contribution in [0.1, 0.15) is 31.2 Å². The molecule has 6 heteroatoms. The second-order valence-corrected chi connectivity index (χ2v) is 4.35. The second-order valence-electron chi connectivity index (χ2n) is 4.35. The fraction of sp³-hybridized carbons (Fsp3) is 0.429. The van der Waals surface area contributed by atoms with Crippen molar-refractivity contribution in [1.29, 1.82) is 0 Å². The Balaban J connectivity index is 2.30. The smallest absolute Gasteiger partial charge is 0.303 e. The van der Waals surface area contributed by atoms with E-state index in [4.69, 9.17) is 9.84 Å². The number of aliphatic carboxylic acids is 1. The molecule has 0 aromatic heterocycles. The number of benzene rings is 1. The van der Waals surface area contributed by atoms with E-state index in [-0.39, 0.29) is 31.0 Å². The Bertz CT molecular complexity index is 476. The molecule has 20 heavy (non-hydrogen) atoms. The van der Waals surface area contributed by atoms with Gasteiger partial charge < -0.3 is 15.2 Å². The average Bonchev–Trinajstić information content (AvgIpc) is 2.41. The molecule has 110 valence electrons. The van der Waals surface area contributed by atoms with E-state index in [1.54, 1.807) is 6.07 Å². The summed E-state index contributed by atoms with van der Waals surface area (Å²) < 4.78 is 18.2. The Morgan fingerprint density at radius 2 is 2.00 bits per heavy atom. The minimum Gasteiger partial charge on any atom is -0.494 e. The molecule has 2 N–H and O–H groups in total. The fourth-order valence-corrected chi connectivity index (χ4v) is 1.67. The molecule has 0 saturated heterocycles. The molecule has 0 fully saturated rings. The molecule has 1 aromatic carbocycles. The fourth-order valence-electron chi connectivity index (χ4n) is 1.67. The van der Waals surface area contributed by atoms with Crippen LogP contribution in [-0.4, -0.2) is 24.1 Å². The molecule has 0 spiro atoms. The normalized spacial score (nSPS) is 10.1. The molecular weight excluding hydrogens is 265 g/mol. The van der Waals surface area contributed by atoms with Crippen LogP contribution >= 0.6 is 0 Å². The lowest BCUT2D eigenvalue weighted by atomic mass is 10.1. The number of amides is 1. The summed E-state index contributed by atoms with van der Waals surface area (Å²) in [6.45, 7) is 0.235. The average molecular weight is 283 g/mol. The number of carboxylic acid groups (broad SMARTS) is 1. The Morgan fingerprint density at radius 3 is 2.60 bits per heavy atom. The van der Waals surface area contributed by atoms with E-state index in [0.29, 0.717) is 18.4 Å². The number of unbranched alkanes of at least 4 members (excludes halogenated alkanes) is 1. The van der Waals surface area contributed by atoms with Gasteiger partial charge in [0.15, 0.2) is 11.6 Å². The summed E-state index contributed by atoms with van der Waals surface area (Å²) in [5.41, 5.74) is 0.641. The van der Waals surface area contributed by atoms with Gasteiger partial charge in [0, 0.05) is 19.4 Å². The molecule has 0 saturated carbocycles. The van der Waals surface area contributed by atoms with Gasteiger partial charge in [-0.1, -0.05) is 6.07 Å². The van der Waals surface area contributed by atoms with Crippen molar-refractivity contribution in [1.82, 2.24) is 5.32 Å². The Labute approximate surface area is 116 Å². The molecule has 0 aliphatic heterocycles. The van der Waals surface area contributed by atoms with Gasteiger partial charge in [-0.15, -0.1) is 0 Å². The number of carbonyl (C=O) groups is 2. The molecule has 5 nitrogen and oxygen atoms in total. The van der Waals surface area contributed by atoms with Gasteiger partial charge in [0.2, 0.25) is 5.91 Å². The number of nitrogens with one attached hydrogen (secondary N) is 1. The van der Waals surface area contributed by atoms with Crippen LogP contribution in [0.4, 0.5) is 4.39 Å². The molecule has 0 heterocycles. The van der Waals surface area contributed by atoms with Gasteiger partial charge in [-0.25, -0.2) is 4.39 Å². The highest BCUT2D eigenvalue weighted by atomic mass is 19.1. The van der Waals surface area contributed by atoms with Crippen molar-refractivity contribution in [3.63, 3.8) is 0 Å². The first-order valence-electron chi connectivity index (χ1n) is 6.34. The molecule has 0 bridgehead atoms. The predicted octanol–water partition coefficient (Wildman–Crippen LogP) is 2.10. The molecule has 1 amide bonds. The third kappa shape index (κ3) is 5.69. The highest BCUT2D eigenvalue weighted by Gasteiger charge is 2.06. The molecule has 0 aliphatic carbocycles. The van der Waals surface area contributed by atoms with Crippen LogP contribution < -0.4 is 10.1 Å². The van der Waals surface area contributed by atoms with Crippen molar-refractivity contribution in [3.8, 4) is 5.75 Å². The first-order valence-corrected chi connectivity index (χ1v) is 6.34. The van der Waals surface area contributed by atoms with Gasteiger partial charge in [-0.05, 0) is 30.5 Å². The van der Waals surface area contributed by atoms with E-state index in [2.05, 4.69) is 5.32 Å². The summed E-state index contributed by atoms with van der Waals surface area (Å²) in [5.74, 6) is -1.35. The summed E-state index contributed by atoms with van der Waals surface area (Å²) in [6.07, 6.45) is 1.33. The maximum atomic E-state index is 13.4. The van der Waals surface area contributed by atoms with E-state index in [1.165, 1.54) is 19.2 Å². The molecule has 0 unspecified atom stereocenters. The van der Waals surface area contributed by atoms with Crippen LogP contribution in [0.5, 0.6) is 5.75 Å². The van der Waals surface area contributed by atoms with Gasteiger partial charge in [0.05, 0.1) is 7.11 Å². The number of rotatable bonds is 8. The van der Waals surface area contributed by atoms with Gasteiger partial charge >= 0.3 is 5.97 Å². The minimum atomic E-state index is -0.862. The largest absolute Gasteiger partial charge is 0.494 e. The SMILES string of the molecule is COc1ccc(CNC(=O)CCCCC(=O)O)cc1F. The number of ether oxygens (including phenoxy) is 1. The van der Waals surface area contributed by atoms with Crippen molar-refractivity contribution in [3.05, 3.63) is 29.6 Å². The van der Waals surface area contributed by atoms with Crippen molar-refractivity contribution in [2.75, 3.05) is 7.11 Å². The Kier molecular flexibility index (Phi) is 6.49. The lowest BCUT2D eigenvalue weighted by molar-refractivity contribution is -0.137. The summed E-state index contributed by atoms with van der Waals surface area (Å²) in [5, 5.41) is 11.1. The Morgan fingerprint density at radius 1 is 1.30 bits per heavy atom. The van der Waals surface area contributed by atoms with E-state index in [0.717, 1.165) is 0 Å². The highest BCUT2D eigenvalue weighted by Crippen LogP contribution is 2.17. The number of carbonyl (C=O) groups excluding carboxylic acids is 1. The second kappa shape index (κ2) is 8.14. The van der Waals surface area contributed by atoms with E-state index in [1.807, 2.05) is 0 Å². The van der Waals surface area contributed by atoms with Crippen molar-refractivity contribution in [2.24, 2.45) is 0 Å². The zero-order valence-corrected chi connectivity index (χ0v) is 11.3. The van der Waals surface area contributed by atoms with E-state index in [9.17, 15) is 14.0 Å². The molecule has 0 radical (unpaired) electrons. The van der Waals surface area contributed by atoms with E-state index < -0.39 is 11.8 Å². The lowest BCUT2D eigenvalue weighted by Gasteiger charge is -2.07. The highest BCUT2D eigenvalue weighted by molar-refractivity contribution is 5.75. The van der Waals surface area contributed by atoms with Crippen LogP contribution in [0, 0.1) is 5.82 Å². The van der Waals surface area contributed by atoms with Gasteiger partial charge in [0.1, 0.15) is 0 Å². The number of methoxy groups -OCH3 is 1. The number of carboxylic acids is 1. The summed E-state index contributed by atoms with van der Waals surface area (Å²) >= 11 is 0. The molecule has 0 atom stereocenters. The van der Waals surface area contributed by atoms with Crippen molar-refractivity contribution < 1.29 is 23.8 Å². The van der Waals surface area contributed by atoms with Crippen LogP contribution in [-0.2, 0) is 16.1 Å². The third-order valence-corrected chi connectivity index (χ3v) is 2.75. The van der Waals surface area contributed by atoms with Crippen molar-refractivity contribution >= 4 is 11.9 Å². The molecule has 1 aromatic rings. The standard InChI is InChI=1S/C14H18FNO4/c1-20-12-7-6-10(8-11(12)15)9-16-13(17)4-2-3-5-14(18)19/h6-8H,2-5,9H2,1H3,(H,16,17)(H,18,19). The summed E-state index contributed by atoms with van der Waals surface area (Å²) in [7, 11) is 1.39. The molecule has 0 aliphatic rings. The first kappa shape index (κ1) is 15.9. The minimum absolute atomic E-state index is 0.0664. The zero-order valence-electron chi connectivity index (χ0n) is 11.3. The number of halogens is 1. The maximum absolute atomic E-state index is 13.4. The topological polar surface area (TPSA) is 75.6 Å². The van der Waals surface area contributed by atoms with Gasteiger partial charge in [-0.2, -0.15) is 0 Å². The molecule has 1 rings (SSSR count). The van der Waals surface area contributed by atoms with Crippen LogP contribution in [0.2, 0.25) is 0 Å². The zero-order chi connectivity index (χ0) is 15.0. The summed E-state index contributed by atoms with van der Waals surface area (Å²) in [4.78, 5) is 21.8. The predicted molar refractivity (Wildman–Crippen MR) is 70.9 cm³/mol. The maximum Gasteiger partial charge on any atom is 0.303 e. The number of hydrogen-bond donors (Lipinski definition) is 2. The third-order valence-electron chi connectivity index (χ3n) is 2.75. The number of hydrogen-bond acceptors (Lipinski definition) is 3. The van der Waals surface area contributed by atoms with Gasteiger partial charge in [0.25, 0.3) is 0 Å². The van der Waals surface area contributed by atoms with Crippen LogP contribution in [0.15, 0.2) is 18.2 Å².